The summed E-state index contributed by atoms with van der Waals surface area (Å²) in [7, 11) is 0. The highest BCUT2D eigenvalue weighted by atomic mass is 79.9. The third-order valence-corrected chi connectivity index (χ3v) is 4.87. The number of halogens is 1. The summed E-state index contributed by atoms with van der Waals surface area (Å²) < 4.78 is 0.976. The van der Waals surface area contributed by atoms with Gasteiger partial charge in [0.05, 0.1) is 5.75 Å². The topological polar surface area (TPSA) is 17.1 Å². The molecule has 3 heteroatoms. The molecule has 0 radical (unpaired) electrons. The van der Waals surface area contributed by atoms with Crippen molar-refractivity contribution in [1.82, 2.24) is 0 Å². The van der Waals surface area contributed by atoms with Crippen LogP contribution in [0.2, 0.25) is 0 Å². The molecule has 0 unspecified atom stereocenters. The van der Waals surface area contributed by atoms with Gasteiger partial charge < -0.3 is 0 Å². The molecule has 1 fully saturated rings. The first-order valence-electron chi connectivity index (χ1n) is 6.12. The van der Waals surface area contributed by atoms with Gasteiger partial charge >= 0.3 is 0 Å². The highest BCUT2D eigenvalue weighted by Gasteiger charge is 2.15. The molecule has 1 aromatic rings. The summed E-state index contributed by atoms with van der Waals surface area (Å²) in [5.74, 6) is 2.87. The van der Waals surface area contributed by atoms with Crippen molar-refractivity contribution in [2.75, 3.05) is 11.5 Å². The van der Waals surface area contributed by atoms with Crippen molar-refractivity contribution in [3.05, 3.63) is 34.3 Å². The lowest BCUT2D eigenvalue weighted by Crippen LogP contribution is -2.05. The Hall–Kier alpha value is -0.280. The first kappa shape index (κ1) is 13.2. The summed E-state index contributed by atoms with van der Waals surface area (Å²) in [4.78, 5) is 11.9. The van der Waals surface area contributed by atoms with Crippen LogP contribution in [0.1, 0.15) is 36.0 Å². The van der Waals surface area contributed by atoms with E-state index in [2.05, 4.69) is 15.9 Å². The van der Waals surface area contributed by atoms with Gasteiger partial charge in [0.25, 0.3) is 0 Å². The molecule has 0 atom stereocenters. The molecular weight excluding hydrogens is 296 g/mol. The SMILES string of the molecule is O=C(CSCC1CCCC1)c1cccc(Br)c1. The van der Waals surface area contributed by atoms with E-state index < -0.39 is 0 Å². The summed E-state index contributed by atoms with van der Waals surface area (Å²) in [6, 6.07) is 7.66. The summed E-state index contributed by atoms with van der Waals surface area (Å²) in [6.07, 6.45) is 5.48. The van der Waals surface area contributed by atoms with Gasteiger partial charge in [-0.1, -0.05) is 40.9 Å². The first-order chi connectivity index (χ1) is 8.25. The van der Waals surface area contributed by atoms with E-state index in [1.165, 1.54) is 25.7 Å². The van der Waals surface area contributed by atoms with Crippen LogP contribution in [-0.2, 0) is 0 Å². The number of hydrogen-bond acceptors (Lipinski definition) is 2. The van der Waals surface area contributed by atoms with Crippen molar-refractivity contribution < 1.29 is 4.79 Å². The maximum Gasteiger partial charge on any atom is 0.172 e. The monoisotopic (exact) mass is 312 g/mol. The van der Waals surface area contributed by atoms with Gasteiger partial charge in [0.1, 0.15) is 0 Å². The van der Waals surface area contributed by atoms with Crippen molar-refractivity contribution in [3.8, 4) is 0 Å². The van der Waals surface area contributed by atoms with E-state index >= 15 is 0 Å². The largest absolute Gasteiger partial charge is 0.293 e. The Morgan fingerprint density at radius 3 is 2.82 bits per heavy atom. The predicted molar refractivity (Wildman–Crippen MR) is 77.8 cm³/mol. The molecule has 1 nitrogen and oxygen atoms in total. The fraction of sp³-hybridized carbons (Fsp3) is 0.500. The smallest absolute Gasteiger partial charge is 0.172 e. The number of benzene rings is 1. The van der Waals surface area contributed by atoms with E-state index in [0.29, 0.717) is 5.75 Å². The van der Waals surface area contributed by atoms with E-state index in [1.54, 1.807) is 11.8 Å². The minimum Gasteiger partial charge on any atom is -0.293 e. The molecular formula is C14H17BrOS. The Balaban J connectivity index is 1.77. The fourth-order valence-corrected chi connectivity index (χ4v) is 3.78. The molecule has 1 aliphatic carbocycles. The Morgan fingerprint density at radius 1 is 1.35 bits per heavy atom. The zero-order valence-electron chi connectivity index (χ0n) is 9.82. The van der Waals surface area contributed by atoms with E-state index in [0.717, 1.165) is 21.7 Å². The maximum atomic E-state index is 11.9. The Bertz CT molecular complexity index is 386. The lowest BCUT2D eigenvalue weighted by molar-refractivity contribution is 0.102. The minimum atomic E-state index is 0.245. The molecule has 0 spiro atoms. The number of ketones is 1. The molecule has 92 valence electrons. The Morgan fingerprint density at radius 2 is 2.12 bits per heavy atom. The van der Waals surface area contributed by atoms with Crippen LogP contribution in [0.25, 0.3) is 0 Å². The van der Waals surface area contributed by atoms with Gasteiger partial charge in [-0.3, -0.25) is 4.79 Å². The van der Waals surface area contributed by atoms with E-state index in [9.17, 15) is 4.79 Å². The number of rotatable bonds is 5. The third-order valence-electron chi connectivity index (χ3n) is 3.21. The molecule has 0 aliphatic heterocycles. The van der Waals surface area contributed by atoms with Crippen LogP contribution in [-0.4, -0.2) is 17.3 Å². The number of Topliss-reactive ketones (excluding diaryl/α,β-unsaturated/α-hetero) is 1. The molecule has 1 aliphatic rings. The van der Waals surface area contributed by atoms with Crippen LogP contribution in [0, 0.1) is 5.92 Å². The molecule has 0 bridgehead atoms. The van der Waals surface area contributed by atoms with Crippen LogP contribution >= 0.6 is 27.7 Å². The first-order valence-corrected chi connectivity index (χ1v) is 8.07. The lowest BCUT2D eigenvalue weighted by Gasteiger charge is -2.07. The van der Waals surface area contributed by atoms with Crippen LogP contribution in [0.3, 0.4) is 0 Å². The molecule has 0 saturated heterocycles. The van der Waals surface area contributed by atoms with Crippen molar-refractivity contribution in [1.29, 1.82) is 0 Å². The van der Waals surface area contributed by atoms with Gasteiger partial charge in [-0.15, -0.1) is 0 Å². The molecule has 17 heavy (non-hydrogen) atoms. The third kappa shape index (κ3) is 4.14. The second kappa shape index (κ2) is 6.60. The van der Waals surface area contributed by atoms with Gasteiger partial charge in [0.2, 0.25) is 0 Å². The highest BCUT2D eigenvalue weighted by Crippen LogP contribution is 2.28. The van der Waals surface area contributed by atoms with Gasteiger partial charge in [-0.2, -0.15) is 11.8 Å². The Kier molecular flexibility index (Phi) is 5.11. The van der Waals surface area contributed by atoms with Crippen molar-refractivity contribution in [3.63, 3.8) is 0 Å². The van der Waals surface area contributed by atoms with E-state index in [4.69, 9.17) is 0 Å². The Labute approximate surface area is 115 Å². The normalized spacial score (nSPS) is 16.3. The molecule has 2 rings (SSSR count). The molecule has 0 heterocycles. The second-order valence-electron chi connectivity index (χ2n) is 4.60. The molecule has 0 aromatic heterocycles. The molecule has 0 amide bonds. The number of thioether (sulfide) groups is 1. The summed E-state index contributed by atoms with van der Waals surface area (Å²) in [5, 5.41) is 0. The second-order valence-corrected chi connectivity index (χ2v) is 6.55. The fourth-order valence-electron chi connectivity index (χ4n) is 2.24. The van der Waals surface area contributed by atoms with Crippen LogP contribution < -0.4 is 0 Å². The van der Waals surface area contributed by atoms with E-state index in [-0.39, 0.29) is 5.78 Å². The van der Waals surface area contributed by atoms with Crippen LogP contribution in [0.4, 0.5) is 0 Å². The molecule has 1 aromatic carbocycles. The van der Waals surface area contributed by atoms with Gasteiger partial charge in [0.15, 0.2) is 5.78 Å². The summed E-state index contributed by atoms with van der Waals surface area (Å²) >= 11 is 5.19. The average Bonchev–Trinajstić information content (AvgIpc) is 2.82. The molecule has 0 N–H and O–H groups in total. The number of carbonyl (C=O) groups excluding carboxylic acids is 1. The van der Waals surface area contributed by atoms with Crippen molar-refractivity contribution in [2.24, 2.45) is 5.92 Å². The van der Waals surface area contributed by atoms with E-state index in [1.807, 2.05) is 24.3 Å². The van der Waals surface area contributed by atoms with Gasteiger partial charge in [-0.25, -0.2) is 0 Å². The van der Waals surface area contributed by atoms with Gasteiger partial charge in [0, 0.05) is 10.0 Å². The molecule has 1 saturated carbocycles. The predicted octanol–water partition coefficient (Wildman–Crippen LogP) is 4.56. The maximum absolute atomic E-state index is 11.9. The van der Waals surface area contributed by atoms with Crippen LogP contribution in [0.15, 0.2) is 28.7 Å². The number of carbonyl (C=O) groups is 1. The quantitative estimate of drug-likeness (QED) is 0.742. The summed E-state index contributed by atoms with van der Waals surface area (Å²) in [6.45, 7) is 0. The highest BCUT2D eigenvalue weighted by molar-refractivity contribution is 9.10. The van der Waals surface area contributed by atoms with Crippen molar-refractivity contribution >= 4 is 33.5 Å². The van der Waals surface area contributed by atoms with Crippen molar-refractivity contribution in [2.45, 2.75) is 25.7 Å². The zero-order chi connectivity index (χ0) is 12.1. The standard InChI is InChI=1S/C14H17BrOS/c15-13-7-3-6-12(8-13)14(16)10-17-9-11-4-1-2-5-11/h3,6-8,11H,1-2,4-5,9-10H2. The zero-order valence-corrected chi connectivity index (χ0v) is 12.2. The average molecular weight is 313 g/mol. The summed E-state index contributed by atoms with van der Waals surface area (Å²) in [5.41, 5.74) is 0.818. The minimum absolute atomic E-state index is 0.245. The van der Waals surface area contributed by atoms with Crippen LogP contribution in [0.5, 0.6) is 0 Å². The lowest BCUT2D eigenvalue weighted by atomic mass is 10.1. The van der Waals surface area contributed by atoms with Gasteiger partial charge in [-0.05, 0) is 36.6 Å². The number of hydrogen-bond donors (Lipinski definition) is 0.